The molecule has 0 atom stereocenters. The molecule has 2 N–H and O–H groups in total. The Bertz CT molecular complexity index is 611. The lowest BCUT2D eigenvalue weighted by Crippen LogP contribution is -2.27. The molecule has 7 nitrogen and oxygen atoms in total. The number of carbonyl (C=O) groups is 2. The smallest absolute Gasteiger partial charge is 0.337 e. The third kappa shape index (κ3) is 5.16. The predicted octanol–water partition coefficient (Wildman–Crippen LogP) is 1.01. The zero-order valence-corrected chi connectivity index (χ0v) is 12.4. The summed E-state index contributed by atoms with van der Waals surface area (Å²) in [6.07, 6.45) is 0.365. The molecule has 1 aromatic carbocycles. The third-order valence-corrected chi connectivity index (χ3v) is 4.08. The van der Waals surface area contributed by atoms with Crippen LogP contribution in [0.3, 0.4) is 0 Å². The molecule has 0 saturated carbocycles. The summed E-state index contributed by atoms with van der Waals surface area (Å²) in [6.45, 7) is 1.98. The van der Waals surface area contributed by atoms with Crippen molar-refractivity contribution >= 4 is 22.0 Å². The molecule has 0 aliphatic carbocycles. The Labute approximate surface area is 123 Å². The second kappa shape index (κ2) is 7.75. The first-order valence-corrected chi connectivity index (χ1v) is 7.84. The molecule has 0 spiro atoms. The number of esters is 1. The molecule has 0 unspecified atom stereocenters. The number of ether oxygens (including phenoxy) is 1. The normalized spacial score (nSPS) is 11.1. The van der Waals surface area contributed by atoms with Crippen molar-refractivity contribution in [1.82, 2.24) is 4.72 Å². The van der Waals surface area contributed by atoms with E-state index in [1.54, 1.807) is 6.92 Å². The van der Waals surface area contributed by atoms with Crippen LogP contribution in [0.2, 0.25) is 0 Å². The summed E-state index contributed by atoms with van der Waals surface area (Å²) in [5, 5.41) is 8.98. The van der Waals surface area contributed by atoms with E-state index in [0.717, 1.165) is 0 Å². The maximum absolute atomic E-state index is 12.0. The quantitative estimate of drug-likeness (QED) is 0.547. The van der Waals surface area contributed by atoms with E-state index in [1.807, 2.05) is 0 Å². The average molecular weight is 315 g/mol. The van der Waals surface area contributed by atoms with Crippen LogP contribution < -0.4 is 4.72 Å². The first kappa shape index (κ1) is 17.1. The molecule has 0 aromatic heterocycles. The van der Waals surface area contributed by atoms with Gasteiger partial charge in [-0.2, -0.15) is 0 Å². The summed E-state index contributed by atoms with van der Waals surface area (Å²) in [5.41, 5.74) is -0.296. The fourth-order valence-corrected chi connectivity index (χ4v) is 2.90. The molecule has 21 heavy (non-hydrogen) atoms. The summed E-state index contributed by atoms with van der Waals surface area (Å²) in [7, 11) is -3.93. The van der Waals surface area contributed by atoms with Crippen LogP contribution in [0.25, 0.3) is 0 Å². The molecule has 116 valence electrons. The highest BCUT2D eigenvalue weighted by Crippen LogP contribution is 2.15. The summed E-state index contributed by atoms with van der Waals surface area (Å²) >= 11 is 0. The fourth-order valence-electron chi connectivity index (χ4n) is 1.63. The maximum atomic E-state index is 12.0. The SMILES string of the molecule is CCOC(=O)CCCNS(=O)(=O)c1ccccc1C(=O)O. The summed E-state index contributed by atoms with van der Waals surface area (Å²) in [5.74, 6) is -1.72. The van der Waals surface area contributed by atoms with E-state index in [1.165, 1.54) is 24.3 Å². The average Bonchev–Trinajstić information content (AvgIpc) is 2.44. The van der Waals surface area contributed by atoms with E-state index in [2.05, 4.69) is 4.72 Å². The van der Waals surface area contributed by atoms with Gasteiger partial charge in [-0.05, 0) is 25.5 Å². The molecule has 0 fully saturated rings. The van der Waals surface area contributed by atoms with Gasteiger partial charge in [-0.1, -0.05) is 12.1 Å². The van der Waals surface area contributed by atoms with Crippen molar-refractivity contribution in [2.45, 2.75) is 24.7 Å². The van der Waals surface area contributed by atoms with Crippen LogP contribution in [0.5, 0.6) is 0 Å². The third-order valence-electron chi connectivity index (χ3n) is 2.56. The lowest BCUT2D eigenvalue weighted by atomic mass is 10.2. The molecule has 0 saturated heterocycles. The van der Waals surface area contributed by atoms with Gasteiger partial charge < -0.3 is 9.84 Å². The summed E-state index contributed by atoms with van der Waals surface area (Å²) in [4.78, 5) is 21.8. The van der Waals surface area contributed by atoms with Crippen molar-refractivity contribution in [3.63, 3.8) is 0 Å². The monoisotopic (exact) mass is 315 g/mol. The minimum Gasteiger partial charge on any atom is -0.478 e. The van der Waals surface area contributed by atoms with Crippen LogP contribution in [0.4, 0.5) is 0 Å². The van der Waals surface area contributed by atoms with Crippen LogP contribution in [-0.2, 0) is 19.6 Å². The van der Waals surface area contributed by atoms with Gasteiger partial charge in [-0.3, -0.25) is 4.79 Å². The number of rotatable bonds is 8. The van der Waals surface area contributed by atoms with Gasteiger partial charge in [0.25, 0.3) is 0 Å². The Balaban J connectivity index is 2.66. The van der Waals surface area contributed by atoms with E-state index in [9.17, 15) is 18.0 Å². The number of carboxylic acids is 1. The molecule has 0 heterocycles. The lowest BCUT2D eigenvalue weighted by molar-refractivity contribution is -0.143. The maximum Gasteiger partial charge on any atom is 0.337 e. The first-order valence-electron chi connectivity index (χ1n) is 6.36. The van der Waals surface area contributed by atoms with Gasteiger partial charge in [-0.15, -0.1) is 0 Å². The zero-order chi connectivity index (χ0) is 15.9. The van der Waals surface area contributed by atoms with Crippen LogP contribution in [0, 0.1) is 0 Å². The first-order chi connectivity index (χ1) is 9.88. The van der Waals surface area contributed by atoms with E-state index < -0.39 is 22.0 Å². The molecule has 0 aliphatic rings. The predicted molar refractivity (Wildman–Crippen MR) is 74.5 cm³/mol. The van der Waals surface area contributed by atoms with Crippen molar-refractivity contribution in [3.8, 4) is 0 Å². The van der Waals surface area contributed by atoms with Crippen molar-refractivity contribution in [2.75, 3.05) is 13.2 Å². The second-order valence-electron chi connectivity index (χ2n) is 4.11. The van der Waals surface area contributed by atoms with Crippen molar-refractivity contribution in [1.29, 1.82) is 0 Å². The molecule has 0 bridgehead atoms. The number of aromatic carboxylic acids is 1. The van der Waals surface area contributed by atoms with Crippen LogP contribution in [-0.4, -0.2) is 38.6 Å². The topological polar surface area (TPSA) is 110 Å². The number of hydrogen-bond donors (Lipinski definition) is 2. The fraction of sp³-hybridized carbons (Fsp3) is 0.385. The highest BCUT2D eigenvalue weighted by Gasteiger charge is 2.21. The Morgan fingerprint density at radius 1 is 1.29 bits per heavy atom. The Morgan fingerprint density at radius 2 is 1.95 bits per heavy atom. The largest absolute Gasteiger partial charge is 0.478 e. The Morgan fingerprint density at radius 3 is 2.57 bits per heavy atom. The van der Waals surface area contributed by atoms with Gasteiger partial charge in [0.15, 0.2) is 0 Å². The summed E-state index contributed by atoms with van der Waals surface area (Å²) < 4.78 is 31.1. The van der Waals surface area contributed by atoms with Crippen LogP contribution in [0.15, 0.2) is 29.2 Å². The molecule has 0 radical (unpaired) electrons. The van der Waals surface area contributed by atoms with E-state index in [0.29, 0.717) is 0 Å². The van der Waals surface area contributed by atoms with E-state index in [4.69, 9.17) is 9.84 Å². The van der Waals surface area contributed by atoms with Gasteiger partial charge in [-0.25, -0.2) is 17.9 Å². The minimum absolute atomic E-state index is 0.0229. The highest BCUT2D eigenvalue weighted by atomic mass is 32.2. The van der Waals surface area contributed by atoms with Crippen LogP contribution in [0.1, 0.15) is 30.1 Å². The second-order valence-corrected chi connectivity index (χ2v) is 5.84. The molecule has 8 heteroatoms. The molecular weight excluding hydrogens is 298 g/mol. The van der Waals surface area contributed by atoms with Gasteiger partial charge in [0.05, 0.1) is 17.1 Å². The van der Waals surface area contributed by atoms with Gasteiger partial charge in [0.1, 0.15) is 0 Å². The molecular formula is C13H17NO6S. The van der Waals surface area contributed by atoms with Crippen molar-refractivity contribution in [3.05, 3.63) is 29.8 Å². The van der Waals surface area contributed by atoms with E-state index in [-0.39, 0.29) is 36.5 Å². The van der Waals surface area contributed by atoms with Crippen molar-refractivity contribution < 1.29 is 27.9 Å². The number of carboxylic acid groups (broad SMARTS) is 1. The van der Waals surface area contributed by atoms with Gasteiger partial charge in [0.2, 0.25) is 10.0 Å². The van der Waals surface area contributed by atoms with Gasteiger partial charge in [0, 0.05) is 13.0 Å². The molecule has 1 rings (SSSR count). The standard InChI is InChI=1S/C13H17NO6S/c1-2-20-12(15)8-5-9-14-21(18,19)11-7-4-3-6-10(11)13(16)17/h3-4,6-7,14H,2,5,8-9H2,1H3,(H,16,17). The Kier molecular flexibility index (Phi) is 6.32. The molecule has 1 aromatic rings. The number of benzene rings is 1. The zero-order valence-electron chi connectivity index (χ0n) is 11.5. The summed E-state index contributed by atoms with van der Waals surface area (Å²) in [6, 6.07) is 5.33. The number of nitrogens with one attached hydrogen (secondary N) is 1. The Hall–Kier alpha value is -1.93. The van der Waals surface area contributed by atoms with E-state index >= 15 is 0 Å². The van der Waals surface area contributed by atoms with Crippen LogP contribution >= 0.6 is 0 Å². The van der Waals surface area contributed by atoms with Gasteiger partial charge >= 0.3 is 11.9 Å². The molecule has 0 amide bonds. The number of hydrogen-bond acceptors (Lipinski definition) is 5. The lowest BCUT2D eigenvalue weighted by Gasteiger charge is -2.09. The number of carbonyl (C=O) groups excluding carboxylic acids is 1. The van der Waals surface area contributed by atoms with Crippen molar-refractivity contribution in [2.24, 2.45) is 0 Å². The highest BCUT2D eigenvalue weighted by molar-refractivity contribution is 7.89. The number of sulfonamides is 1. The molecule has 0 aliphatic heterocycles. The minimum atomic E-state index is -3.93.